The lowest BCUT2D eigenvalue weighted by Gasteiger charge is -2.33. The number of Topliss-reactive ketones (excluding diaryl/α,β-unsaturated/α-hetero) is 1. The van der Waals surface area contributed by atoms with Crippen molar-refractivity contribution < 1.29 is 9.21 Å². The molecule has 1 aromatic heterocycles. The van der Waals surface area contributed by atoms with Crippen LogP contribution in [-0.2, 0) is 4.79 Å². The Kier molecular flexibility index (Phi) is 2.01. The van der Waals surface area contributed by atoms with Gasteiger partial charge in [-0.05, 0) is 25.0 Å². The summed E-state index contributed by atoms with van der Waals surface area (Å²) < 4.78 is 5.41. The molecule has 78 valence electrons. The van der Waals surface area contributed by atoms with Gasteiger partial charge in [0.1, 0.15) is 11.5 Å². The summed E-state index contributed by atoms with van der Waals surface area (Å²) in [5.41, 5.74) is 0. The highest BCUT2D eigenvalue weighted by Crippen LogP contribution is 2.41. The molecule has 1 fully saturated rings. The lowest BCUT2D eigenvalue weighted by atomic mass is 9.69. The molecule has 2 aliphatic rings. The van der Waals surface area contributed by atoms with Crippen molar-refractivity contribution in [3.8, 4) is 0 Å². The Hall–Kier alpha value is -1.31. The van der Waals surface area contributed by atoms with Crippen LogP contribution in [0.4, 0.5) is 0 Å². The Labute approximate surface area is 89.0 Å². The molecule has 3 rings (SSSR count). The van der Waals surface area contributed by atoms with E-state index >= 15 is 0 Å². The summed E-state index contributed by atoms with van der Waals surface area (Å²) >= 11 is 0. The topological polar surface area (TPSA) is 30.2 Å². The van der Waals surface area contributed by atoms with E-state index in [0.29, 0.717) is 5.78 Å². The van der Waals surface area contributed by atoms with E-state index in [-0.39, 0.29) is 17.8 Å². The average molecular weight is 202 g/mol. The Morgan fingerprint density at radius 3 is 3.00 bits per heavy atom. The van der Waals surface area contributed by atoms with E-state index < -0.39 is 0 Å². The maximum Gasteiger partial charge on any atom is 0.143 e. The lowest BCUT2D eigenvalue weighted by Crippen LogP contribution is -2.34. The quantitative estimate of drug-likeness (QED) is 0.655. The van der Waals surface area contributed by atoms with Gasteiger partial charge in [-0.3, -0.25) is 4.79 Å². The molecule has 0 aromatic carbocycles. The predicted octanol–water partition coefficient (Wildman–Crippen LogP) is 2.92. The fraction of sp³-hybridized carbons (Fsp3) is 0.462. The highest BCUT2D eigenvalue weighted by atomic mass is 16.3. The summed E-state index contributed by atoms with van der Waals surface area (Å²) in [5, 5.41) is 0. The van der Waals surface area contributed by atoms with Crippen molar-refractivity contribution in [1.29, 1.82) is 0 Å². The van der Waals surface area contributed by atoms with E-state index in [0.717, 1.165) is 18.6 Å². The smallest absolute Gasteiger partial charge is 0.143 e. The molecular formula is C13H14O2. The van der Waals surface area contributed by atoms with Gasteiger partial charge in [-0.1, -0.05) is 18.6 Å². The second-order valence-electron chi connectivity index (χ2n) is 4.47. The maximum absolute atomic E-state index is 12.0. The minimum atomic E-state index is 0.167. The van der Waals surface area contributed by atoms with Crippen LogP contribution in [0, 0.1) is 11.8 Å². The van der Waals surface area contributed by atoms with Crippen LogP contribution in [0.2, 0.25) is 0 Å². The van der Waals surface area contributed by atoms with Crippen molar-refractivity contribution >= 4 is 5.78 Å². The van der Waals surface area contributed by atoms with Crippen molar-refractivity contribution in [2.75, 3.05) is 0 Å². The number of fused-ring (bicyclic) bond motifs is 2. The molecule has 2 unspecified atom stereocenters. The molecule has 0 N–H and O–H groups in total. The summed E-state index contributed by atoms with van der Waals surface area (Å²) in [7, 11) is 0. The fourth-order valence-electron chi connectivity index (χ4n) is 2.83. The number of hydrogen-bond acceptors (Lipinski definition) is 2. The zero-order valence-corrected chi connectivity index (χ0v) is 8.56. The summed E-state index contributed by atoms with van der Waals surface area (Å²) in [4.78, 5) is 12.0. The van der Waals surface area contributed by atoms with Gasteiger partial charge in [0.15, 0.2) is 0 Å². The summed E-state index contributed by atoms with van der Waals surface area (Å²) in [6, 6.07) is 3.86. The molecule has 3 atom stereocenters. The van der Waals surface area contributed by atoms with Gasteiger partial charge in [0, 0.05) is 17.8 Å². The predicted molar refractivity (Wildman–Crippen MR) is 56.4 cm³/mol. The maximum atomic E-state index is 12.0. The highest BCUT2D eigenvalue weighted by Gasteiger charge is 2.38. The first kappa shape index (κ1) is 8.96. The molecule has 0 amide bonds. The minimum Gasteiger partial charge on any atom is -0.469 e. The van der Waals surface area contributed by atoms with E-state index in [9.17, 15) is 4.79 Å². The van der Waals surface area contributed by atoms with Crippen molar-refractivity contribution in [3.05, 3.63) is 36.3 Å². The zero-order chi connectivity index (χ0) is 10.3. The van der Waals surface area contributed by atoms with Gasteiger partial charge in [-0.15, -0.1) is 0 Å². The first-order valence-electron chi connectivity index (χ1n) is 5.62. The second-order valence-corrected chi connectivity index (χ2v) is 4.47. The molecule has 0 aliphatic heterocycles. The summed E-state index contributed by atoms with van der Waals surface area (Å²) in [6.45, 7) is 0. The van der Waals surface area contributed by atoms with E-state index in [1.165, 1.54) is 6.42 Å². The Bertz CT molecular complexity index is 389. The first-order valence-corrected chi connectivity index (χ1v) is 5.62. The van der Waals surface area contributed by atoms with Gasteiger partial charge >= 0.3 is 0 Å². The molecule has 1 saturated carbocycles. The van der Waals surface area contributed by atoms with E-state index in [1.54, 1.807) is 6.26 Å². The van der Waals surface area contributed by atoms with Crippen LogP contribution < -0.4 is 0 Å². The number of carbonyl (C=O) groups excluding carboxylic acids is 1. The van der Waals surface area contributed by atoms with E-state index in [1.807, 2.05) is 12.1 Å². The van der Waals surface area contributed by atoms with Crippen LogP contribution >= 0.6 is 0 Å². The standard InChI is InChI=1S/C13H14O2/c14-13-9-3-1-4-11(13)10(7-6-9)12-5-2-8-15-12/h2,5-11H,1,3-4H2/t9?,10-,11?/m1/s1. The molecule has 2 nitrogen and oxygen atoms in total. The summed E-state index contributed by atoms with van der Waals surface area (Å²) in [6.07, 6.45) is 9.15. The van der Waals surface area contributed by atoms with Gasteiger partial charge in [0.05, 0.1) is 6.26 Å². The average Bonchev–Trinajstić information content (AvgIpc) is 2.70. The monoisotopic (exact) mass is 202 g/mol. The molecule has 2 aliphatic carbocycles. The van der Waals surface area contributed by atoms with E-state index in [2.05, 4.69) is 12.2 Å². The Balaban J connectivity index is 1.97. The third kappa shape index (κ3) is 1.36. The van der Waals surface area contributed by atoms with Gasteiger partial charge < -0.3 is 4.42 Å². The van der Waals surface area contributed by atoms with Crippen LogP contribution in [0.1, 0.15) is 30.9 Å². The fourth-order valence-corrected chi connectivity index (χ4v) is 2.83. The van der Waals surface area contributed by atoms with Gasteiger partial charge in [-0.25, -0.2) is 0 Å². The molecule has 0 radical (unpaired) electrons. The minimum absolute atomic E-state index is 0.167. The van der Waals surface area contributed by atoms with Crippen LogP contribution in [0.25, 0.3) is 0 Å². The molecular weight excluding hydrogens is 188 g/mol. The molecule has 0 spiro atoms. The van der Waals surface area contributed by atoms with E-state index in [4.69, 9.17) is 4.42 Å². The molecule has 2 heteroatoms. The number of rotatable bonds is 1. The Morgan fingerprint density at radius 1 is 1.27 bits per heavy atom. The van der Waals surface area contributed by atoms with Gasteiger partial charge in [-0.2, -0.15) is 0 Å². The molecule has 1 aromatic rings. The summed E-state index contributed by atoms with van der Waals surface area (Å²) in [5.74, 6) is 1.90. The highest BCUT2D eigenvalue weighted by molar-refractivity contribution is 5.88. The Morgan fingerprint density at radius 2 is 2.20 bits per heavy atom. The van der Waals surface area contributed by atoms with Gasteiger partial charge in [0.25, 0.3) is 0 Å². The molecule has 15 heavy (non-hydrogen) atoms. The number of carbonyl (C=O) groups is 1. The van der Waals surface area contributed by atoms with Crippen molar-refractivity contribution in [2.24, 2.45) is 11.8 Å². The van der Waals surface area contributed by atoms with Gasteiger partial charge in [0.2, 0.25) is 0 Å². The van der Waals surface area contributed by atoms with Crippen molar-refractivity contribution in [1.82, 2.24) is 0 Å². The normalized spacial score (nSPS) is 34.4. The van der Waals surface area contributed by atoms with Crippen LogP contribution in [0.15, 0.2) is 35.0 Å². The number of hydrogen-bond donors (Lipinski definition) is 0. The number of allylic oxidation sites excluding steroid dienone is 2. The number of ketones is 1. The molecule has 1 heterocycles. The molecule has 2 bridgehead atoms. The third-order valence-electron chi connectivity index (χ3n) is 3.62. The molecule has 0 saturated heterocycles. The van der Waals surface area contributed by atoms with Crippen molar-refractivity contribution in [3.63, 3.8) is 0 Å². The van der Waals surface area contributed by atoms with Crippen molar-refractivity contribution in [2.45, 2.75) is 25.2 Å². The number of furan rings is 1. The third-order valence-corrected chi connectivity index (χ3v) is 3.62. The van der Waals surface area contributed by atoms with Crippen LogP contribution in [-0.4, -0.2) is 5.78 Å². The largest absolute Gasteiger partial charge is 0.469 e. The second kappa shape index (κ2) is 3.37. The SMILES string of the molecule is O=C1C2C=C[C@@H](c3ccco3)C1CCC2. The lowest BCUT2D eigenvalue weighted by molar-refractivity contribution is -0.128. The zero-order valence-electron chi connectivity index (χ0n) is 8.56. The van der Waals surface area contributed by atoms with Crippen LogP contribution in [0.5, 0.6) is 0 Å². The first-order chi connectivity index (χ1) is 7.36. The van der Waals surface area contributed by atoms with Crippen LogP contribution in [0.3, 0.4) is 0 Å².